The van der Waals surface area contributed by atoms with E-state index in [1.54, 1.807) is 0 Å². The number of hydrogen-bond donors (Lipinski definition) is 4. The predicted octanol–water partition coefficient (Wildman–Crippen LogP) is 5.07. The second-order valence-corrected chi connectivity index (χ2v) is 6.40. The van der Waals surface area contributed by atoms with E-state index in [9.17, 15) is 0 Å². The molecule has 0 atom stereocenters. The van der Waals surface area contributed by atoms with E-state index in [4.69, 9.17) is 20.8 Å². The van der Waals surface area contributed by atoms with Crippen molar-refractivity contribution < 1.29 is 37.6 Å². The Labute approximate surface area is 185 Å². The topological polar surface area (TPSA) is 144 Å². The van der Waals surface area contributed by atoms with Gasteiger partial charge in [-0.1, -0.05) is 59.1 Å². The minimum atomic E-state index is 0. The number of piperidine rings is 1. The Morgan fingerprint density at radius 2 is 0.897 bits per heavy atom. The molecule has 0 bridgehead atoms. The fourth-order valence-corrected chi connectivity index (χ4v) is 1.92. The van der Waals surface area contributed by atoms with E-state index in [1.165, 1.54) is 79.1 Å². The van der Waals surface area contributed by atoms with E-state index in [0.29, 0.717) is 22.8 Å². The van der Waals surface area contributed by atoms with Crippen molar-refractivity contribution in [2.45, 2.75) is 79.1 Å². The Balaban J connectivity index is -0.000000309. The summed E-state index contributed by atoms with van der Waals surface area (Å²) in [5.41, 5.74) is 1.25. The molecule has 171 valence electrons. The van der Waals surface area contributed by atoms with Crippen LogP contribution in [0.1, 0.15) is 79.1 Å². The molecule has 2 aliphatic rings. The van der Waals surface area contributed by atoms with Crippen LogP contribution in [-0.4, -0.2) is 56.8 Å². The number of oxime groups is 4. The molecule has 29 heavy (non-hydrogen) atoms. The van der Waals surface area contributed by atoms with Crippen molar-refractivity contribution in [3.05, 3.63) is 11.7 Å². The number of nitrogens with zero attached hydrogens (tertiary/aromatic N) is 5. The van der Waals surface area contributed by atoms with Crippen LogP contribution >= 0.6 is 0 Å². The zero-order valence-corrected chi connectivity index (χ0v) is 19.0. The van der Waals surface area contributed by atoms with Gasteiger partial charge in [-0.3, -0.25) is 0 Å². The molecule has 1 aliphatic carbocycles. The Morgan fingerprint density at radius 1 is 0.586 bits per heavy atom. The predicted molar refractivity (Wildman–Crippen MR) is 114 cm³/mol. The SMILES string of the molecule is C1CC[N-]CC1.CC(=N\O)/C(C)=N/O.CC(=N\O)/C(C)=N/O.[CH-]1CCCCC1.[Co+2]. The molecule has 0 amide bonds. The van der Waals surface area contributed by atoms with Crippen molar-refractivity contribution in [3.63, 3.8) is 0 Å². The van der Waals surface area contributed by atoms with Gasteiger partial charge in [0.05, 0.1) is 0 Å². The molecule has 2 rings (SSSR count). The molecule has 0 aromatic heterocycles. The Kier molecular flexibility index (Phi) is 26.9. The molecule has 1 heterocycles. The largest absolute Gasteiger partial charge is 2.00 e. The first-order valence-corrected chi connectivity index (χ1v) is 9.64. The average molecular weight is 458 g/mol. The monoisotopic (exact) mass is 458 g/mol. The molecule has 0 unspecified atom stereocenters. The van der Waals surface area contributed by atoms with Gasteiger partial charge in [0.25, 0.3) is 0 Å². The summed E-state index contributed by atoms with van der Waals surface area (Å²) in [6.45, 7) is 8.40. The zero-order valence-electron chi connectivity index (χ0n) is 18.0. The summed E-state index contributed by atoms with van der Waals surface area (Å²) in [5, 5.41) is 47.4. The quantitative estimate of drug-likeness (QED) is 0.198. The summed E-state index contributed by atoms with van der Waals surface area (Å²) in [4.78, 5) is 0. The van der Waals surface area contributed by atoms with Gasteiger partial charge >= 0.3 is 16.8 Å². The van der Waals surface area contributed by atoms with Crippen molar-refractivity contribution >= 4 is 22.8 Å². The van der Waals surface area contributed by atoms with E-state index in [0.717, 1.165) is 13.1 Å². The Morgan fingerprint density at radius 3 is 1.00 bits per heavy atom. The molecule has 0 aromatic carbocycles. The minimum absolute atomic E-state index is 0. The van der Waals surface area contributed by atoms with Crippen LogP contribution in [0.2, 0.25) is 0 Å². The average Bonchev–Trinajstić information content (AvgIpc) is 2.80. The molecular formula is C19H37CoN5O4. The summed E-state index contributed by atoms with van der Waals surface area (Å²) in [7, 11) is 0. The Hall–Kier alpha value is -1.65. The normalized spacial score (nSPS) is 17.8. The standard InChI is InChI=1S/C6H11.C5H10N.2C4H8N2O2.Co/c2*1-2-4-6-5-3-1;2*1-3(5-7)4(2)6-8;/h1H,2-6H2;1-5H2;2*7-8H,1-2H3;/q2*-1;;;+2/b;;2*5-3+,6-4+;. The molecule has 1 aliphatic heterocycles. The summed E-state index contributed by atoms with van der Waals surface area (Å²) >= 11 is 0. The fourth-order valence-electron chi connectivity index (χ4n) is 1.92. The molecule has 1 saturated heterocycles. The van der Waals surface area contributed by atoms with Crippen LogP contribution < -0.4 is 0 Å². The molecule has 4 N–H and O–H groups in total. The van der Waals surface area contributed by atoms with Gasteiger partial charge in [-0.15, -0.1) is 13.1 Å². The van der Waals surface area contributed by atoms with Gasteiger partial charge in [-0.25, -0.2) is 0 Å². The van der Waals surface area contributed by atoms with E-state index >= 15 is 0 Å². The maximum atomic E-state index is 8.03. The van der Waals surface area contributed by atoms with Gasteiger partial charge in [0, 0.05) is 0 Å². The number of rotatable bonds is 2. The second-order valence-electron chi connectivity index (χ2n) is 6.40. The van der Waals surface area contributed by atoms with Gasteiger partial charge in [0.15, 0.2) is 0 Å². The third-order valence-corrected chi connectivity index (χ3v) is 4.10. The van der Waals surface area contributed by atoms with Crippen LogP contribution in [0.4, 0.5) is 0 Å². The van der Waals surface area contributed by atoms with Crippen molar-refractivity contribution in [3.8, 4) is 0 Å². The molecular weight excluding hydrogens is 421 g/mol. The van der Waals surface area contributed by atoms with E-state index < -0.39 is 0 Å². The van der Waals surface area contributed by atoms with Crippen molar-refractivity contribution in [1.29, 1.82) is 0 Å². The third-order valence-electron chi connectivity index (χ3n) is 4.10. The molecule has 10 heteroatoms. The van der Waals surface area contributed by atoms with Crippen LogP contribution in [0.15, 0.2) is 20.6 Å². The molecule has 0 spiro atoms. The third kappa shape index (κ3) is 22.5. The molecule has 1 radical (unpaired) electrons. The first kappa shape index (κ1) is 32.0. The first-order valence-electron chi connectivity index (χ1n) is 9.64. The number of hydrogen-bond acceptors (Lipinski definition) is 8. The van der Waals surface area contributed by atoms with Gasteiger partial charge in [-0.05, 0) is 27.7 Å². The summed E-state index contributed by atoms with van der Waals surface area (Å²) in [6.07, 6.45) is 13.6. The van der Waals surface area contributed by atoms with Crippen molar-refractivity contribution in [2.75, 3.05) is 13.1 Å². The van der Waals surface area contributed by atoms with Gasteiger partial charge in [-0.2, -0.15) is 12.8 Å². The van der Waals surface area contributed by atoms with Gasteiger partial charge in [0.1, 0.15) is 22.8 Å². The molecule has 0 aromatic rings. The van der Waals surface area contributed by atoms with Crippen LogP contribution in [0.25, 0.3) is 5.32 Å². The smallest absolute Gasteiger partial charge is 0.662 e. The zero-order chi connectivity index (χ0) is 21.6. The maximum Gasteiger partial charge on any atom is 2.00 e. The summed E-state index contributed by atoms with van der Waals surface area (Å²) < 4.78 is 0. The summed E-state index contributed by atoms with van der Waals surface area (Å²) in [6, 6.07) is 0. The van der Waals surface area contributed by atoms with Crippen molar-refractivity contribution in [2.24, 2.45) is 20.6 Å². The van der Waals surface area contributed by atoms with Crippen LogP contribution in [0, 0.1) is 6.42 Å². The van der Waals surface area contributed by atoms with Crippen LogP contribution in [-0.2, 0) is 16.8 Å². The van der Waals surface area contributed by atoms with E-state index in [1.807, 2.05) is 0 Å². The van der Waals surface area contributed by atoms with Crippen molar-refractivity contribution in [1.82, 2.24) is 0 Å². The molecule has 2 fully saturated rings. The van der Waals surface area contributed by atoms with Crippen LogP contribution in [0.3, 0.4) is 0 Å². The second kappa shape index (κ2) is 24.4. The minimum Gasteiger partial charge on any atom is -0.662 e. The maximum absolute atomic E-state index is 8.03. The Bertz CT molecular complexity index is 390. The molecule has 9 nitrogen and oxygen atoms in total. The van der Waals surface area contributed by atoms with Gasteiger partial charge < -0.3 is 32.6 Å². The van der Waals surface area contributed by atoms with E-state index in [-0.39, 0.29) is 16.8 Å². The molecule has 1 saturated carbocycles. The first-order chi connectivity index (χ1) is 13.4. The summed E-state index contributed by atoms with van der Waals surface area (Å²) in [5.74, 6) is 0. The van der Waals surface area contributed by atoms with Gasteiger partial charge in [0.2, 0.25) is 0 Å². The van der Waals surface area contributed by atoms with E-state index in [2.05, 4.69) is 32.4 Å². The van der Waals surface area contributed by atoms with Crippen LogP contribution in [0.5, 0.6) is 0 Å². The fraction of sp³-hybridized carbons (Fsp3) is 0.737.